The predicted molar refractivity (Wildman–Crippen MR) is 91.4 cm³/mol. The molecule has 1 aliphatic rings. The lowest BCUT2D eigenvalue weighted by atomic mass is 9.78. The largest absolute Gasteiger partial charge is 0.497 e. The Labute approximate surface area is 137 Å². The van der Waals surface area contributed by atoms with E-state index in [-0.39, 0.29) is 11.3 Å². The maximum atomic E-state index is 13.0. The van der Waals surface area contributed by atoms with Crippen molar-refractivity contribution < 1.29 is 9.53 Å². The first kappa shape index (κ1) is 15.6. The van der Waals surface area contributed by atoms with Crippen molar-refractivity contribution in [1.82, 2.24) is 5.32 Å². The normalized spacial score (nSPS) is 16.0. The molecular formula is C20H23NO2. The van der Waals surface area contributed by atoms with E-state index in [1.807, 2.05) is 42.5 Å². The maximum Gasteiger partial charge on any atom is 0.230 e. The predicted octanol–water partition coefficient (Wildman–Crippen LogP) is 3.82. The van der Waals surface area contributed by atoms with Gasteiger partial charge in [0.15, 0.2) is 0 Å². The molecule has 0 radical (unpaired) electrons. The molecule has 0 spiro atoms. The Morgan fingerprint density at radius 3 is 2.52 bits per heavy atom. The molecule has 3 nitrogen and oxygen atoms in total. The summed E-state index contributed by atoms with van der Waals surface area (Å²) in [6.45, 7) is 0.532. The first-order chi connectivity index (χ1) is 11.2. The minimum atomic E-state index is -0.361. The number of methoxy groups -OCH3 is 1. The summed E-state index contributed by atoms with van der Waals surface area (Å²) < 4.78 is 5.24. The molecule has 2 aromatic rings. The lowest BCUT2D eigenvalue weighted by molar-refractivity contribution is -0.126. The molecule has 0 aromatic heterocycles. The Kier molecular flexibility index (Phi) is 4.65. The van der Waals surface area contributed by atoms with Crippen LogP contribution in [0.4, 0.5) is 0 Å². The zero-order valence-electron chi connectivity index (χ0n) is 13.5. The van der Waals surface area contributed by atoms with E-state index in [1.165, 1.54) is 0 Å². The van der Waals surface area contributed by atoms with Gasteiger partial charge in [0, 0.05) is 6.54 Å². The number of carbonyl (C=O) groups is 1. The van der Waals surface area contributed by atoms with Crippen LogP contribution in [0.1, 0.15) is 36.8 Å². The van der Waals surface area contributed by atoms with E-state index in [0.29, 0.717) is 6.54 Å². The molecule has 120 valence electrons. The highest BCUT2D eigenvalue weighted by atomic mass is 16.5. The van der Waals surface area contributed by atoms with Crippen molar-refractivity contribution >= 4 is 5.91 Å². The molecule has 0 aliphatic heterocycles. The number of hydrogen-bond donors (Lipinski definition) is 1. The third kappa shape index (κ3) is 3.24. The molecule has 1 fully saturated rings. The molecule has 0 heterocycles. The van der Waals surface area contributed by atoms with Gasteiger partial charge in [-0.3, -0.25) is 4.79 Å². The van der Waals surface area contributed by atoms with Crippen LogP contribution in [0.2, 0.25) is 0 Å². The molecule has 2 aromatic carbocycles. The molecule has 1 N–H and O–H groups in total. The molecule has 0 bridgehead atoms. The number of carbonyl (C=O) groups excluding carboxylic acids is 1. The van der Waals surface area contributed by atoms with Gasteiger partial charge in [0.2, 0.25) is 5.91 Å². The van der Waals surface area contributed by atoms with Crippen LogP contribution < -0.4 is 10.1 Å². The lowest BCUT2D eigenvalue weighted by Crippen LogP contribution is -2.42. The van der Waals surface area contributed by atoms with E-state index in [9.17, 15) is 4.79 Å². The van der Waals surface area contributed by atoms with Crippen LogP contribution in [-0.4, -0.2) is 13.0 Å². The zero-order chi connectivity index (χ0) is 16.1. The van der Waals surface area contributed by atoms with Crippen LogP contribution in [0.5, 0.6) is 5.75 Å². The summed E-state index contributed by atoms with van der Waals surface area (Å²) in [5.41, 5.74) is 1.83. The van der Waals surface area contributed by atoms with E-state index in [4.69, 9.17) is 4.74 Å². The van der Waals surface area contributed by atoms with Crippen LogP contribution in [-0.2, 0) is 16.8 Å². The van der Waals surface area contributed by atoms with Crippen LogP contribution in [0.15, 0.2) is 54.6 Å². The van der Waals surface area contributed by atoms with Crippen molar-refractivity contribution in [2.75, 3.05) is 7.11 Å². The average molecular weight is 309 g/mol. The molecule has 3 heteroatoms. The Hall–Kier alpha value is -2.29. The summed E-state index contributed by atoms with van der Waals surface area (Å²) >= 11 is 0. The van der Waals surface area contributed by atoms with Gasteiger partial charge in [-0.2, -0.15) is 0 Å². The van der Waals surface area contributed by atoms with Gasteiger partial charge in [-0.15, -0.1) is 0 Å². The van der Waals surface area contributed by atoms with Gasteiger partial charge in [0.1, 0.15) is 5.75 Å². The molecule has 3 rings (SSSR count). The molecule has 1 saturated carbocycles. The van der Waals surface area contributed by atoms with Gasteiger partial charge in [-0.25, -0.2) is 0 Å². The van der Waals surface area contributed by atoms with Gasteiger partial charge in [-0.1, -0.05) is 55.3 Å². The molecule has 1 amide bonds. The second-order valence-electron chi connectivity index (χ2n) is 6.19. The van der Waals surface area contributed by atoms with Gasteiger partial charge in [0.25, 0.3) is 0 Å². The van der Waals surface area contributed by atoms with E-state index in [2.05, 4.69) is 17.4 Å². The quantitative estimate of drug-likeness (QED) is 0.911. The van der Waals surface area contributed by atoms with Gasteiger partial charge in [0.05, 0.1) is 12.5 Å². The third-order valence-corrected chi connectivity index (χ3v) is 4.81. The highest BCUT2D eigenvalue weighted by Gasteiger charge is 2.42. The monoisotopic (exact) mass is 309 g/mol. The van der Waals surface area contributed by atoms with E-state index >= 15 is 0 Å². The summed E-state index contributed by atoms with van der Waals surface area (Å²) in [6.07, 6.45) is 4.09. The zero-order valence-corrected chi connectivity index (χ0v) is 13.5. The lowest BCUT2D eigenvalue weighted by Gasteiger charge is -2.28. The average Bonchev–Trinajstić information content (AvgIpc) is 3.12. The fourth-order valence-electron chi connectivity index (χ4n) is 3.52. The van der Waals surface area contributed by atoms with Crippen molar-refractivity contribution in [2.45, 2.75) is 37.6 Å². The van der Waals surface area contributed by atoms with Gasteiger partial charge in [-0.05, 0) is 36.1 Å². The second kappa shape index (κ2) is 6.86. The van der Waals surface area contributed by atoms with Crippen molar-refractivity contribution in [3.8, 4) is 5.75 Å². The van der Waals surface area contributed by atoms with Crippen LogP contribution in [0.3, 0.4) is 0 Å². The number of amides is 1. The molecule has 0 atom stereocenters. The van der Waals surface area contributed by atoms with E-state index < -0.39 is 0 Å². The fraction of sp³-hybridized carbons (Fsp3) is 0.350. The first-order valence-corrected chi connectivity index (χ1v) is 8.21. The molecule has 1 aliphatic carbocycles. The summed E-state index contributed by atoms with van der Waals surface area (Å²) in [4.78, 5) is 13.0. The van der Waals surface area contributed by atoms with Crippen LogP contribution in [0.25, 0.3) is 0 Å². The Morgan fingerprint density at radius 1 is 1.09 bits per heavy atom. The topological polar surface area (TPSA) is 38.3 Å². The van der Waals surface area contributed by atoms with E-state index in [1.54, 1.807) is 7.11 Å². The third-order valence-electron chi connectivity index (χ3n) is 4.81. The minimum absolute atomic E-state index is 0.143. The molecule has 0 unspecified atom stereocenters. The number of hydrogen-bond acceptors (Lipinski definition) is 2. The number of rotatable bonds is 5. The van der Waals surface area contributed by atoms with Crippen LogP contribution >= 0.6 is 0 Å². The first-order valence-electron chi connectivity index (χ1n) is 8.21. The molecular weight excluding hydrogens is 286 g/mol. The standard InChI is InChI=1S/C20H23NO2/c1-23-18-11-7-8-16(14-18)15-21-19(22)20(12-5-6-13-20)17-9-3-2-4-10-17/h2-4,7-11,14H,5-6,12-13,15H2,1H3,(H,21,22). The number of nitrogens with one attached hydrogen (secondary N) is 1. The van der Waals surface area contributed by atoms with Crippen molar-refractivity contribution in [2.24, 2.45) is 0 Å². The second-order valence-corrected chi connectivity index (χ2v) is 6.19. The van der Waals surface area contributed by atoms with Gasteiger partial charge < -0.3 is 10.1 Å². The van der Waals surface area contributed by atoms with Crippen molar-refractivity contribution in [3.63, 3.8) is 0 Å². The highest BCUT2D eigenvalue weighted by molar-refractivity contribution is 5.88. The SMILES string of the molecule is COc1cccc(CNC(=O)C2(c3ccccc3)CCCC2)c1. The summed E-state index contributed by atoms with van der Waals surface area (Å²) in [7, 11) is 1.65. The summed E-state index contributed by atoms with van der Waals surface area (Å²) in [5, 5.41) is 3.14. The summed E-state index contributed by atoms with van der Waals surface area (Å²) in [5.74, 6) is 0.958. The maximum absolute atomic E-state index is 13.0. The van der Waals surface area contributed by atoms with Crippen LogP contribution in [0, 0.1) is 0 Å². The fourth-order valence-corrected chi connectivity index (χ4v) is 3.52. The highest BCUT2D eigenvalue weighted by Crippen LogP contribution is 2.41. The molecule has 23 heavy (non-hydrogen) atoms. The number of ether oxygens (including phenoxy) is 1. The number of benzene rings is 2. The van der Waals surface area contributed by atoms with Crippen molar-refractivity contribution in [1.29, 1.82) is 0 Å². The Balaban J connectivity index is 1.75. The Morgan fingerprint density at radius 2 is 1.83 bits per heavy atom. The van der Waals surface area contributed by atoms with Gasteiger partial charge >= 0.3 is 0 Å². The van der Waals surface area contributed by atoms with Crippen molar-refractivity contribution in [3.05, 3.63) is 65.7 Å². The molecule has 0 saturated heterocycles. The summed E-state index contributed by atoms with van der Waals surface area (Å²) in [6, 6.07) is 18.0. The smallest absolute Gasteiger partial charge is 0.230 e. The van der Waals surface area contributed by atoms with E-state index in [0.717, 1.165) is 42.6 Å². The Bertz CT molecular complexity index is 660. The minimum Gasteiger partial charge on any atom is -0.497 e.